The largest absolute Gasteiger partial charge is 0.373 e. The van der Waals surface area contributed by atoms with Gasteiger partial charge in [-0.15, -0.1) is 0 Å². The van der Waals surface area contributed by atoms with Crippen LogP contribution in [0.5, 0.6) is 0 Å². The van der Waals surface area contributed by atoms with Crippen LogP contribution in [0.3, 0.4) is 0 Å². The van der Waals surface area contributed by atoms with Crippen molar-refractivity contribution < 1.29 is 0 Å². The van der Waals surface area contributed by atoms with E-state index in [1.54, 1.807) is 0 Å². The van der Waals surface area contributed by atoms with E-state index in [9.17, 15) is 0 Å². The number of nitrogens with one attached hydrogen (secondary N) is 1. The zero-order valence-corrected chi connectivity index (χ0v) is 15.2. The maximum absolute atomic E-state index is 3.57. The molecule has 1 aromatic carbocycles. The molecule has 0 saturated carbocycles. The number of nitrogens with zero attached hydrogens (tertiary/aromatic N) is 2. The molecule has 0 aliphatic carbocycles. The van der Waals surface area contributed by atoms with Gasteiger partial charge in [-0.3, -0.25) is 0 Å². The smallest absolute Gasteiger partial charge is 0.0410 e. The maximum atomic E-state index is 3.57. The molecular formula is C16H28BrN3. The SMILES string of the molecule is CN(C)CCN(C)c1ccc(Br)cc1CNC(C)(C)C. The fourth-order valence-corrected chi connectivity index (χ4v) is 2.31. The molecule has 0 saturated heterocycles. The van der Waals surface area contributed by atoms with E-state index in [2.05, 4.69) is 91.2 Å². The van der Waals surface area contributed by atoms with Gasteiger partial charge in [0.1, 0.15) is 0 Å². The lowest BCUT2D eigenvalue weighted by Gasteiger charge is -2.26. The first kappa shape index (κ1) is 17.5. The number of likely N-dealkylation sites (N-methyl/N-ethyl adjacent to an activating group) is 2. The Morgan fingerprint density at radius 3 is 2.30 bits per heavy atom. The third-order valence-corrected chi connectivity index (χ3v) is 3.64. The standard InChI is InChI=1S/C16H28BrN3/c1-16(2,3)18-12-13-11-14(17)7-8-15(13)20(6)10-9-19(4)5/h7-8,11,18H,9-10,12H2,1-6H3. The molecule has 114 valence electrons. The Morgan fingerprint density at radius 2 is 1.75 bits per heavy atom. The molecule has 0 aliphatic rings. The average Bonchev–Trinajstić information content (AvgIpc) is 2.32. The highest BCUT2D eigenvalue weighted by molar-refractivity contribution is 9.10. The molecular weight excluding hydrogens is 314 g/mol. The van der Waals surface area contributed by atoms with E-state index in [1.165, 1.54) is 11.3 Å². The molecule has 20 heavy (non-hydrogen) atoms. The molecule has 0 aromatic heterocycles. The van der Waals surface area contributed by atoms with Crippen LogP contribution in [0.1, 0.15) is 26.3 Å². The van der Waals surface area contributed by atoms with Crippen LogP contribution < -0.4 is 10.2 Å². The van der Waals surface area contributed by atoms with E-state index in [1.807, 2.05) is 0 Å². The molecule has 1 rings (SSSR count). The molecule has 0 amide bonds. The quantitative estimate of drug-likeness (QED) is 0.856. The highest BCUT2D eigenvalue weighted by Crippen LogP contribution is 2.24. The van der Waals surface area contributed by atoms with Gasteiger partial charge in [0.2, 0.25) is 0 Å². The Labute approximate surface area is 132 Å². The third-order valence-electron chi connectivity index (χ3n) is 3.14. The molecule has 4 heteroatoms. The Balaban J connectivity index is 2.83. The van der Waals surface area contributed by atoms with E-state index >= 15 is 0 Å². The second-order valence-electron chi connectivity index (χ2n) is 6.60. The zero-order chi connectivity index (χ0) is 15.3. The van der Waals surface area contributed by atoms with Gasteiger partial charge in [-0.05, 0) is 58.6 Å². The van der Waals surface area contributed by atoms with Gasteiger partial charge >= 0.3 is 0 Å². The number of hydrogen-bond acceptors (Lipinski definition) is 3. The first-order chi connectivity index (χ1) is 9.19. The number of hydrogen-bond donors (Lipinski definition) is 1. The van der Waals surface area contributed by atoms with Crippen molar-refractivity contribution in [2.45, 2.75) is 32.9 Å². The average molecular weight is 342 g/mol. The molecule has 0 atom stereocenters. The molecule has 1 aromatic rings. The number of benzene rings is 1. The summed E-state index contributed by atoms with van der Waals surface area (Å²) in [4.78, 5) is 4.54. The summed E-state index contributed by atoms with van der Waals surface area (Å²) in [5.74, 6) is 0. The van der Waals surface area contributed by atoms with Gasteiger partial charge in [-0.25, -0.2) is 0 Å². The molecule has 3 nitrogen and oxygen atoms in total. The van der Waals surface area contributed by atoms with Crippen LogP contribution >= 0.6 is 15.9 Å². The molecule has 0 fully saturated rings. The van der Waals surface area contributed by atoms with Crippen molar-refractivity contribution >= 4 is 21.6 Å². The molecule has 0 aliphatic heterocycles. The van der Waals surface area contributed by atoms with Crippen molar-refractivity contribution in [2.24, 2.45) is 0 Å². The summed E-state index contributed by atoms with van der Waals surface area (Å²) in [6.07, 6.45) is 0. The second-order valence-corrected chi connectivity index (χ2v) is 7.52. The van der Waals surface area contributed by atoms with E-state index in [0.717, 1.165) is 24.1 Å². The van der Waals surface area contributed by atoms with Crippen LogP contribution in [0, 0.1) is 0 Å². The molecule has 0 bridgehead atoms. The van der Waals surface area contributed by atoms with Crippen LogP contribution in [0.2, 0.25) is 0 Å². The summed E-state index contributed by atoms with van der Waals surface area (Å²) in [5, 5.41) is 3.57. The summed E-state index contributed by atoms with van der Waals surface area (Å²) in [7, 11) is 6.38. The molecule has 0 heterocycles. The van der Waals surface area contributed by atoms with Crippen molar-refractivity contribution in [3.05, 3.63) is 28.2 Å². The van der Waals surface area contributed by atoms with Gasteiger partial charge in [0, 0.05) is 42.4 Å². The fraction of sp³-hybridized carbons (Fsp3) is 0.625. The Bertz CT molecular complexity index is 424. The molecule has 0 spiro atoms. The van der Waals surface area contributed by atoms with Crippen LogP contribution in [0.15, 0.2) is 22.7 Å². The predicted molar refractivity (Wildman–Crippen MR) is 92.6 cm³/mol. The normalized spacial score (nSPS) is 12.0. The van der Waals surface area contributed by atoms with Crippen LogP contribution in [-0.2, 0) is 6.54 Å². The summed E-state index contributed by atoms with van der Waals surface area (Å²) in [6.45, 7) is 9.54. The van der Waals surface area contributed by atoms with Gasteiger partial charge in [-0.2, -0.15) is 0 Å². The Hall–Kier alpha value is -0.580. The van der Waals surface area contributed by atoms with Gasteiger partial charge in [0.15, 0.2) is 0 Å². The minimum Gasteiger partial charge on any atom is -0.373 e. The summed E-state index contributed by atoms with van der Waals surface area (Å²) < 4.78 is 1.13. The number of rotatable bonds is 6. The Kier molecular flexibility index (Phi) is 6.49. The zero-order valence-electron chi connectivity index (χ0n) is 13.6. The van der Waals surface area contributed by atoms with Crippen molar-refractivity contribution in [1.82, 2.24) is 10.2 Å². The highest BCUT2D eigenvalue weighted by atomic mass is 79.9. The highest BCUT2D eigenvalue weighted by Gasteiger charge is 2.13. The van der Waals surface area contributed by atoms with Crippen LogP contribution in [0.4, 0.5) is 5.69 Å². The molecule has 1 N–H and O–H groups in total. The van der Waals surface area contributed by atoms with E-state index < -0.39 is 0 Å². The summed E-state index contributed by atoms with van der Waals surface area (Å²) in [6, 6.07) is 6.52. The lowest BCUT2D eigenvalue weighted by atomic mass is 10.1. The van der Waals surface area contributed by atoms with E-state index in [4.69, 9.17) is 0 Å². The third kappa shape index (κ3) is 6.25. The lowest BCUT2D eigenvalue weighted by Crippen LogP contribution is -2.36. The number of halogens is 1. The monoisotopic (exact) mass is 341 g/mol. The topological polar surface area (TPSA) is 18.5 Å². The number of anilines is 1. The van der Waals surface area contributed by atoms with Crippen molar-refractivity contribution in [3.8, 4) is 0 Å². The fourth-order valence-electron chi connectivity index (χ4n) is 1.90. The lowest BCUT2D eigenvalue weighted by molar-refractivity contribution is 0.415. The maximum Gasteiger partial charge on any atom is 0.0410 e. The van der Waals surface area contributed by atoms with Gasteiger partial charge in [0.05, 0.1) is 0 Å². The first-order valence-corrected chi connectivity index (χ1v) is 7.87. The first-order valence-electron chi connectivity index (χ1n) is 7.08. The summed E-state index contributed by atoms with van der Waals surface area (Å²) in [5.41, 5.74) is 2.75. The van der Waals surface area contributed by atoms with Gasteiger partial charge in [-0.1, -0.05) is 15.9 Å². The molecule has 0 radical (unpaired) electrons. The second kappa shape index (κ2) is 7.43. The molecule has 0 unspecified atom stereocenters. The predicted octanol–water partition coefficient (Wildman–Crippen LogP) is 3.34. The van der Waals surface area contributed by atoms with Gasteiger partial charge < -0.3 is 15.1 Å². The summed E-state index contributed by atoms with van der Waals surface area (Å²) >= 11 is 3.57. The van der Waals surface area contributed by atoms with Crippen molar-refractivity contribution in [2.75, 3.05) is 39.1 Å². The minimum absolute atomic E-state index is 0.127. The minimum atomic E-state index is 0.127. The van der Waals surface area contributed by atoms with Crippen LogP contribution in [0.25, 0.3) is 0 Å². The van der Waals surface area contributed by atoms with E-state index in [0.29, 0.717) is 0 Å². The van der Waals surface area contributed by atoms with Crippen molar-refractivity contribution in [3.63, 3.8) is 0 Å². The van der Waals surface area contributed by atoms with Gasteiger partial charge in [0.25, 0.3) is 0 Å². The Morgan fingerprint density at radius 1 is 1.10 bits per heavy atom. The van der Waals surface area contributed by atoms with E-state index in [-0.39, 0.29) is 5.54 Å². The van der Waals surface area contributed by atoms with Crippen molar-refractivity contribution in [1.29, 1.82) is 0 Å². The van der Waals surface area contributed by atoms with Crippen LogP contribution in [-0.4, -0.2) is 44.7 Å².